The summed E-state index contributed by atoms with van der Waals surface area (Å²) in [5.41, 5.74) is 0.908. The quantitative estimate of drug-likeness (QED) is 0.619. The minimum Gasteiger partial charge on any atom is -0.484 e. The number of benzene rings is 1. The minimum atomic E-state index is -0.397. The van der Waals surface area contributed by atoms with Crippen LogP contribution in [0.25, 0.3) is 11.0 Å². The first-order valence-corrected chi connectivity index (χ1v) is 7.54. The number of hydrogen-bond donors (Lipinski definition) is 1. The van der Waals surface area contributed by atoms with Crippen molar-refractivity contribution in [2.75, 3.05) is 33.8 Å². The second-order valence-corrected chi connectivity index (χ2v) is 5.70. The Hall–Kier alpha value is -2.34. The lowest BCUT2D eigenvalue weighted by molar-refractivity contribution is -0.123. The van der Waals surface area contributed by atoms with Crippen molar-refractivity contribution >= 4 is 16.9 Å². The van der Waals surface area contributed by atoms with Crippen molar-refractivity contribution in [1.82, 2.24) is 10.2 Å². The van der Waals surface area contributed by atoms with E-state index in [2.05, 4.69) is 10.2 Å². The van der Waals surface area contributed by atoms with Gasteiger partial charge in [-0.05, 0) is 51.7 Å². The highest BCUT2D eigenvalue weighted by molar-refractivity contribution is 5.81. The number of carbonyl (C=O) groups is 1. The van der Waals surface area contributed by atoms with Crippen molar-refractivity contribution in [2.45, 2.75) is 13.3 Å². The summed E-state index contributed by atoms with van der Waals surface area (Å²) in [4.78, 5) is 25.2. The lowest BCUT2D eigenvalue weighted by Crippen LogP contribution is -2.31. The van der Waals surface area contributed by atoms with E-state index in [4.69, 9.17) is 9.15 Å². The topological polar surface area (TPSA) is 71.8 Å². The number of ether oxygens (including phenoxy) is 1. The van der Waals surface area contributed by atoms with Crippen molar-refractivity contribution in [2.24, 2.45) is 0 Å². The first-order valence-electron chi connectivity index (χ1n) is 7.54. The van der Waals surface area contributed by atoms with Crippen LogP contribution in [0.15, 0.2) is 33.5 Å². The fourth-order valence-corrected chi connectivity index (χ4v) is 2.22. The van der Waals surface area contributed by atoms with Crippen LogP contribution in [-0.4, -0.2) is 44.6 Å². The molecule has 0 aliphatic carbocycles. The Bertz CT molecular complexity index is 737. The second-order valence-electron chi connectivity index (χ2n) is 5.70. The standard InChI is InChI=1S/C17H22N2O4/c1-12-9-17(21)23-15-10-13(5-6-14(12)15)22-11-16(20)18-7-4-8-19(2)3/h5-6,9-10H,4,7-8,11H2,1-3H3,(H,18,20). The third-order valence-electron chi connectivity index (χ3n) is 3.40. The van der Waals surface area contributed by atoms with E-state index < -0.39 is 5.63 Å². The molecular formula is C17H22N2O4. The molecule has 6 heteroatoms. The maximum atomic E-state index is 11.7. The van der Waals surface area contributed by atoms with Crippen molar-refractivity contribution in [1.29, 1.82) is 0 Å². The summed E-state index contributed by atoms with van der Waals surface area (Å²) >= 11 is 0. The molecule has 23 heavy (non-hydrogen) atoms. The zero-order valence-corrected chi connectivity index (χ0v) is 13.7. The van der Waals surface area contributed by atoms with E-state index in [9.17, 15) is 9.59 Å². The van der Waals surface area contributed by atoms with Gasteiger partial charge in [-0.1, -0.05) is 0 Å². The average molecular weight is 318 g/mol. The molecule has 6 nitrogen and oxygen atoms in total. The van der Waals surface area contributed by atoms with Gasteiger partial charge in [0.25, 0.3) is 5.91 Å². The molecule has 0 spiro atoms. The van der Waals surface area contributed by atoms with Crippen LogP contribution in [0.3, 0.4) is 0 Å². The van der Waals surface area contributed by atoms with Gasteiger partial charge >= 0.3 is 5.63 Å². The molecule has 0 fully saturated rings. The summed E-state index contributed by atoms with van der Waals surface area (Å²) < 4.78 is 10.6. The second kappa shape index (κ2) is 7.78. The van der Waals surface area contributed by atoms with Gasteiger partial charge in [-0.2, -0.15) is 0 Å². The molecule has 0 unspecified atom stereocenters. The molecule has 1 aromatic carbocycles. The summed E-state index contributed by atoms with van der Waals surface area (Å²) in [5.74, 6) is 0.323. The molecular weight excluding hydrogens is 296 g/mol. The normalized spacial score (nSPS) is 11.0. The van der Waals surface area contributed by atoms with E-state index in [-0.39, 0.29) is 12.5 Å². The van der Waals surface area contributed by atoms with Gasteiger partial charge < -0.3 is 19.4 Å². The van der Waals surface area contributed by atoms with Crippen LogP contribution >= 0.6 is 0 Å². The number of nitrogens with one attached hydrogen (secondary N) is 1. The van der Waals surface area contributed by atoms with Crippen molar-refractivity contribution in [3.05, 3.63) is 40.2 Å². The number of aryl methyl sites for hydroxylation is 1. The van der Waals surface area contributed by atoms with Gasteiger partial charge in [-0.15, -0.1) is 0 Å². The molecule has 0 saturated heterocycles. The Balaban J connectivity index is 1.89. The molecule has 0 aliphatic rings. The number of hydrogen-bond acceptors (Lipinski definition) is 5. The lowest BCUT2D eigenvalue weighted by atomic mass is 10.1. The van der Waals surface area contributed by atoms with Crippen LogP contribution in [0.5, 0.6) is 5.75 Å². The number of fused-ring (bicyclic) bond motifs is 1. The molecule has 0 atom stereocenters. The fraction of sp³-hybridized carbons (Fsp3) is 0.412. The number of rotatable bonds is 7. The Morgan fingerprint density at radius 3 is 2.83 bits per heavy atom. The van der Waals surface area contributed by atoms with E-state index in [1.54, 1.807) is 12.1 Å². The van der Waals surface area contributed by atoms with Crippen LogP contribution in [0.1, 0.15) is 12.0 Å². The molecule has 0 saturated carbocycles. The molecule has 2 aromatic rings. The Morgan fingerprint density at radius 1 is 1.30 bits per heavy atom. The summed E-state index contributed by atoms with van der Waals surface area (Å²) in [7, 11) is 3.98. The molecule has 1 N–H and O–H groups in total. The van der Waals surface area contributed by atoms with E-state index >= 15 is 0 Å². The van der Waals surface area contributed by atoms with Crippen LogP contribution in [-0.2, 0) is 4.79 Å². The van der Waals surface area contributed by atoms with Crippen molar-refractivity contribution in [3.8, 4) is 5.75 Å². The first-order chi connectivity index (χ1) is 11.0. The highest BCUT2D eigenvalue weighted by Gasteiger charge is 2.06. The molecule has 1 aromatic heterocycles. The zero-order chi connectivity index (χ0) is 16.8. The average Bonchev–Trinajstić information content (AvgIpc) is 2.48. The van der Waals surface area contributed by atoms with Crippen molar-refractivity contribution in [3.63, 3.8) is 0 Å². The van der Waals surface area contributed by atoms with Gasteiger partial charge in [-0.3, -0.25) is 4.79 Å². The highest BCUT2D eigenvalue weighted by Crippen LogP contribution is 2.22. The molecule has 2 rings (SSSR count). The number of carbonyl (C=O) groups excluding carboxylic acids is 1. The van der Waals surface area contributed by atoms with Gasteiger partial charge in [-0.25, -0.2) is 4.79 Å². The first kappa shape index (κ1) is 17.0. The Morgan fingerprint density at radius 2 is 2.09 bits per heavy atom. The lowest BCUT2D eigenvalue weighted by Gasteiger charge is -2.10. The summed E-state index contributed by atoms with van der Waals surface area (Å²) in [5, 5.41) is 3.65. The van der Waals surface area contributed by atoms with Gasteiger partial charge in [0.15, 0.2) is 6.61 Å². The maximum Gasteiger partial charge on any atom is 0.336 e. The van der Waals surface area contributed by atoms with Gasteiger partial charge in [0.05, 0.1) is 0 Å². The zero-order valence-electron chi connectivity index (χ0n) is 13.7. The Kier molecular flexibility index (Phi) is 5.76. The Labute approximate surface area is 135 Å². The van der Waals surface area contributed by atoms with Gasteiger partial charge in [0, 0.05) is 24.1 Å². The summed E-state index contributed by atoms with van der Waals surface area (Å²) in [6, 6.07) is 6.65. The molecule has 0 radical (unpaired) electrons. The smallest absolute Gasteiger partial charge is 0.336 e. The van der Waals surface area contributed by atoms with E-state index in [0.29, 0.717) is 17.9 Å². The number of nitrogens with zero attached hydrogens (tertiary/aromatic N) is 1. The van der Waals surface area contributed by atoms with Gasteiger partial charge in [0.2, 0.25) is 0 Å². The molecule has 1 heterocycles. The van der Waals surface area contributed by atoms with Crippen LogP contribution in [0, 0.1) is 6.92 Å². The predicted molar refractivity (Wildman–Crippen MR) is 88.9 cm³/mol. The maximum absolute atomic E-state index is 11.7. The monoisotopic (exact) mass is 318 g/mol. The summed E-state index contributed by atoms with van der Waals surface area (Å²) in [6.07, 6.45) is 0.888. The minimum absolute atomic E-state index is 0.0660. The molecule has 1 amide bonds. The number of amides is 1. The summed E-state index contributed by atoms with van der Waals surface area (Å²) in [6.45, 7) is 3.32. The van der Waals surface area contributed by atoms with E-state index in [0.717, 1.165) is 23.9 Å². The van der Waals surface area contributed by atoms with Crippen LogP contribution in [0.4, 0.5) is 0 Å². The largest absolute Gasteiger partial charge is 0.484 e. The predicted octanol–water partition coefficient (Wildman–Crippen LogP) is 1.55. The molecule has 0 aliphatic heterocycles. The molecule has 124 valence electrons. The van der Waals surface area contributed by atoms with Crippen molar-refractivity contribution < 1.29 is 13.9 Å². The molecule has 0 bridgehead atoms. The van der Waals surface area contributed by atoms with Crippen LogP contribution < -0.4 is 15.7 Å². The third kappa shape index (κ3) is 5.10. The van der Waals surface area contributed by atoms with E-state index in [1.807, 2.05) is 27.1 Å². The fourth-order valence-electron chi connectivity index (χ4n) is 2.22. The van der Waals surface area contributed by atoms with Crippen LogP contribution in [0.2, 0.25) is 0 Å². The third-order valence-corrected chi connectivity index (χ3v) is 3.40. The SMILES string of the molecule is Cc1cc(=O)oc2cc(OCC(=O)NCCCN(C)C)ccc12. The highest BCUT2D eigenvalue weighted by atomic mass is 16.5. The van der Waals surface area contributed by atoms with Gasteiger partial charge in [0.1, 0.15) is 11.3 Å². The van der Waals surface area contributed by atoms with E-state index in [1.165, 1.54) is 6.07 Å².